The van der Waals surface area contributed by atoms with Crippen molar-refractivity contribution >= 4 is 11.3 Å². The molecule has 0 N–H and O–H groups in total. The van der Waals surface area contributed by atoms with Crippen molar-refractivity contribution in [3.8, 4) is 16.8 Å². The van der Waals surface area contributed by atoms with Crippen molar-refractivity contribution in [1.29, 1.82) is 0 Å². The molecule has 0 spiro atoms. The van der Waals surface area contributed by atoms with Crippen LogP contribution in [0.2, 0.25) is 0 Å². The van der Waals surface area contributed by atoms with E-state index in [2.05, 4.69) is 0 Å². The third-order valence-electron chi connectivity index (χ3n) is 5.67. The number of aromatic nitrogens is 2. The van der Waals surface area contributed by atoms with Gasteiger partial charge in [-0.25, -0.2) is 0 Å². The Morgan fingerprint density at radius 3 is 2.06 bits per heavy atom. The highest BCUT2D eigenvalue weighted by atomic mass is 16.1. The molecule has 0 aliphatic carbocycles. The first-order chi connectivity index (χ1) is 15.5. The predicted molar refractivity (Wildman–Crippen MR) is 128 cm³/mol. The van der Waals surface area contributed by atoms with Crippen LogP contribution in [0.15, 0.2) is 102 Å². The quantitative estimate of drug-likeness (QED) is 0.356. The van der Waals surface area contributed by atoms with Gasteiger partial charge in [-0.3, -0.25) is 14.2 Å². The van der Waals surface area contributed by atoms with Gasteiger partial charge >= 0.3 is 0 Å². The second kappa shape index (κ2) is 7.82. The largest absolute Gasteiger partial charge is 0.311 e. The van der Waals surface area contributed by atoms with Crippen molar-refractivity contribution in [2.45, 2.75) is 13.8 Å². The van der Waals surface area contributed by atoms with Crippen molar-refractivity contribution < 1.29 is 4.79 Å². The number of fused-ring (bicyclic) bond motifs is 1. The first-order valence-electron chi connectivity index (χ1n) is 10.5. The van der Waals surface area contributed by atoms with Crippen LogP contribution in [-0.4, -0.2) is 14.8 Å². The summed E-state index contributed by atoms with van der Waals surface area (Å²) in [5.41, 5.74) is 6.15. The van der Waals surface area contributed by atoms with Gasteiger partial charge in [0.05, 0.1) is 11.2 Å². The maximum atomic E-state index is 13.9. The van der Waals surface area contributed by atoms with Crippen LogP contribution in [0.25, 0.3) is 22.3 Å². The summed E-state index contributed by atoms with van der Waals surface area (Å²) < 4.78 is 3.58. The van der Waals surface area contributed by atoms with E-state index in [1.807, 2.05) is 103 Å². The lowest BCUT2D eigenvalue weighted by Gasteiger charge is -2.11. The zero-order valence-electron chi connectivity index (χ0n) is 17.9. The molecule has 2 aromatic carbocycles. The Labute approximate surface area is 186 Å². The van der Waals surface area contributed by atoms with Crippen LogP contribution < -0.4 is 5.56 Å². The van der Waals surface area contributed by atoms with Gasteiger partial charge in [-0.2, -0.15) is 0 Å². The van der Waals surface area contributed by atoms with E-state index in [4.69, 9.17) is 0 Å². The summed E-state index contributed by atoms with van der Waals surface area (Å²) in [7, 11) is 0. The number of carbonyl (C=O) groups excluding carboxylic acids is 1. The molecule has 3 heterocycles. The average Bonchev–Trinajstić information content (AvgIpc) is 3.15. The minimum Gasteiger partial charge on any atom is -0.311 e. The molecule has 0 saturated carbocycles. The molecule has 156 valence electrons. The summed E-state index contributed by atoms with van der Waals surface area (Å²) >= 11 is 0. The number of aryl methyl sites for hydroxylation is 2. The summed E-state index contributed by atoms with van der Waals surface area (Å²) in [5, 5.41) is 0. The van der Waals surface area contributed by atoms with Crippen LogP contribution in [0.3, 0.4) is 0 Å². The van der Waals surface area contributed by atoms with E-state index in [1.165, 1.54) is 0 Å². The van der Waals surface area contributed by atoms with Gasteiger partial charge < -0.3 is 4.40 Å². The molecule has 0 aliphatic rings. The second-order valence-corrected chi connectivity index (χ2v) is 8.01. The fraction of sp³-hybridized carbons (Fsp3) is 0.0714. The number of nitrogens with zero attached hydrogens (tertiary/aromatic N) is 2. The standard InChI is InChI=1S/C28H22N2O2/c1-19-13-15-23-26(30-18-20(2)14-16-24(30)31)25(21-9-5-3-6-10-21)27(29(23)17-19)28(32)22-11-7-4-8-12-22/h3-18H,1-2H3. The molecule has 0 bridgehead atoms. The Bertz CT molecular complexity index is 1510. The monoisotopic (exact) mass is 418 g/mol. The van der Waals surface area contributed by atoms with Crippen LogP contribution >= 0.6 is 0 Å². The van der Waals surface area contributed by atoms with E-state index in [1.54, 1.807) is 16.7 Å². The minimum absolute atomic E-state index is 0.0861. The van der Waals surface area contributed by atoms with Crippen LogP contribution in [0.5, 0.6) is 0 Å². The van der Waals surface area contributed by atoms with E-state index in [0.717, 1.165) is 27.8 Å². The van der Waals surface area contributed by atoms with Crippen LogP contribution in [0, 0.1) is 13.8 Å². The molecule has 0 aliphatic heterocycles. The van der Waals surface area contributed by atoms with Gasteiger partial charge in [0, 0.05) is 29.6 Å². The first kappa shape index (κ1) is 19.8. The molecule has 0 fully saturated rings. The molecule has 4 heteroatoms. The number of rotatable bonds is 4. The van der Waals surface area contributed by atoms with Crippen LogP contribution in [0.1, 0.15) is 27.2 Å². The van der Waals surface area contributed by atoms with E-state index in [-0.39, 0.29) is 11.3 Å². The Morgan fingerprint density at radius 2 is 1.34 bits per heavy atom. The molecule has 32 heavy (non-hydrogen) atoms. The van der Waals surface area contributed by atoms with Crippen molar-refractivity contribution in [2.24, 2.45) is 0 Å². The number of pyridine rings is 2. The Balaban J connectivity index is 1.97. The maximum absolute atomic E-state index is 13.9. The lowest BCUT2D eigenvalue weighted by molar-refractivity contribution is 0.103. The molecule has 0 saturated heterocycles. The third kappa shape index (κ3) is 3.26. The summed E-state index contributed by atoms with van der Waals surface area (Å²) in [6, 6.07) is 26.4. The van der Waals surface area contributed by atoms with E-state index >= 15 is 0 Å². The third-order valence-corrected chi connectivity index (χ3v) is 5.67. The Morgan fingerprint density at radius 1 is 0.719 bits per heavy atom. The van der Waals surface area contributed by atoms with Crippen molar-refractivity contribution in [3.63, 3.8) is 0 Å². The molecular formula is C28H22N2O2. The van der Waals surface area contributed by atoms with Gasteiger partial charge in [-0.15, -0.1) is 0 Å². The molecule has 4 nitrogen and oxygen atoms in total. The van der Waals surface area contributed by atoms with E-state index in [9.17, 15) is 9.59 Å². The zero-order chi connectivity index (χ0) is 22.2. The van der Waals surface area contributed by atoms with Gasteiger partial charge in [-0.1, -0.05) is 72.8 Å². The number of carbonyl (C=O) groups is 1. The summed E-state index contributed by atoms with van der Waals surface area (Å²) in [5.74, 6) is -0.0861. The number of benzene rings is 2. The molecule has 5 aromatic rings. The molecule has 3 aromatic heterocycles. The van der Waals surface area contributed by atoms with Gasteiger partial charge in [-0.05, 0) is 36.6 Å². The van der Waals surface area contributed by atoms with E-state index in [0.29, 0.717) is 16.9 Å². The van der Waals surface area contributed by atoms with Crippen molar-refractivity contribution in [3.05, 3.63) is 130 Å². The molecule has 0 unspecified atom stereocenters. The van der Waals surface area contributed by atoms with Crippen molar-refractivity contribution in [1.82, 2.24) is 8.97 Å². The van der Waals surface area contributed by atoms with Crippen LogP contribution in [-0.2, 0) is 0 Å². The minimum atomic E-state index is -0.139. The smallest absolute Gasteiger partial charge is 0.255 e. The van der Waals surface area contributed by atoms with Gasteiger partial charge in [0.2, 0.25) is 5.78 Å². The number of hydrogen-bond acceptors (Lipinski definition) is 2. The van der Waals surface area contributed by atoms with Gasteiger partial charge in [0.15, 0.2) is 0 Å². The van der Waals surface area contributed by atoms with Crippen molar-refractivity contribution in [2.75, 3.05) is 0 Å². The Hall–Kier alpha value is -4.18. The summed E-state index contributed by atoms with van der Waals surface area (Å²) in [6.45, 7) is 3.95. The highest BCUT2D eigenvalue weighted by Crippen LogP contribution is 2.37. The lowest BCUT2D eigenvalue weighted by atomic mass is 9.99. The predicted octanol–water partition coefficient (Wildman–Crippen LogP) is 5.61. The molecule has 0 amide bonds. The average molecular weight is 418 g/mol. The highest BCUT2D eigenvalue weighted by Gasteiger charge is 2.26. The summed E-state index contributed by atoms with van der Waals surface area (Å²) in [4.78, 5) is 26.8. The molecule has 5 rings (SSSR count). The first-order valence-corrected chi connectivity index (χ1v) is 10.5. The van der Waals surface area contributed by atoms with E-state index < -0.39 is 0 Å². The number of ketones is 1. The topological polar surface area (TPSA) is 43.5 Å². The number of hydrogen-bond donors (Lipinski definition) is 0. The highest BCUT2D eigenvalue weighted by molar-refractivity contribution is 6.15. The second-order valence-electron chi connectivity index (χ2n) is 8.01. The van der Waals surface area contributed by atoms with Crippen LogP contribution in [0.4, 0.5) is 0 Å². The van der Waals surface area contributed by atoms with Gasteiger partial charge in [0.1, 0.15) is 5.69 Å². The summed E-state index contributed by atoms with van der Waals surface area (Å²) in [6.07, 6.45) is 3.79. The fourth-order valence-electron chi connectivity index (χ4n) is 4.18. The molecule has 0 atom stereocenters. The maximum Gasteiger partial charge on any atom is 0.255 e. The SMILES string of the molecule is Cc1ccc(=O)n(-c2c(-c3ccccc3)c(C(=O)c3ccccc3)n3cc(C)ccc23)c1. The molecular weight excluding hydrogens is 396 g/mol. The fourth-order valence-corrected chi connectivity index (χ4v) is 4.18. The lowest BCUT2D eigenvalue weighted by Crippen LogP contribution is -2.17. The zero-order valence-corrected chi connectivity index (χ0v) is 17.9. The van der Waals surface area contributed by atoms with Gasteiger partial charge in [0.25, 0.3) is 5.56 Å². The molecule has 0 radical (unpaired) electrons. The normalized spacial score (nSPS) is 11.1. The Kier molecular flexibility index (Phi) is 4.83.